The summed E-state index contributed by atoms with van der Waals surface area (Å²) in [5.41, 5.74) is 8.31. The molecule has 1 N–H and O–H groups in total. The van der Waals surface area contributed by atoms with Crippen LogP contribution in [0.5, 0.6) is 0 Å². The zero-order chi connectivity index (χ0) is 37.6. The lowest BCUT2D eigenvalue weighted by atomic mass is 10.1. The van der Waals surface area contributed by atoms with Crippen LogP contribution in [-0.2, 0) is 4.43 Å². The SMILES string of the molecule is CC(C)=CCC/C(C)=C/CC(Br)/C(C)=C/CO[Si](c1ccccc1)(c1ccccc1)C(C)(C)C.CC(C)=CCC/C(C)=C/CC/C(C)=C/CO. The molecule has 0 saturated heterocycles. The van der Waals surface area contributed by atoms with Crippen molar-refractivity contribution in [3.63, 3.8) is 0 Å². The fourth-order valence-corrected chi connectivity index (χ4v) is 10.7. The summed E-state index contributed by atoms with van der Waals surface area (Å²) >= 11 is 3.90. The van der Waals surface area contributed by atoms with E-state index in [1.165, 1.54) is 43.8 Å². The van der Waals surface area contributed by atoms with Crippen LogP contribution in [0.15, 0.2) is 131 Å². The van der Waals surface area contributed by atoms with Crippen LogP contribution in [0.1, 0.15) is 121 Å². The minimum Gasteiger partial charge on any atom is -0.404 e. The van der Waals surface area contributed by atoms with E-state index in [9.17, 15) is 0 Å². The fourth-order valence-electron chi connectivity index (χ4n) is 5.86. The topological polar surface area (TPSA) is 29.5 Å². The zero-order valence-corrected chi connectivity index (χ0v) is 36.0. The highest BCUT2D eigenvalue weighted by Gasteiger charge is 2.49. The molecule has 0 aliphatic heterocycles. The molecule has 2 aromatic rings. The third-order valence-corrected chi connectivity index (χ3v) is 15.0. The predicted octanol–water partition coefficient (Wildman–Crippen LogP) is 12.8. The van der Waals surface area contributed by atoms with Gasteiger partial charge in [-0.2, -0.15) is 0 Å². The first-order valence-corrected chi connectivity index (χ1v) is 21.4. The Morgan fingerprint density at radius 3 is 1.48 bits per heavy atom. The molecule has 2 nitrogen and oxygen atoms in total. The molecule has 4 heteroatoms. The van der Waals surface area contributed by atoms with Crippen LogP contribution in [0.4, 0.5) is 0 Å². The number of aliphatic hydroxyl groups is 1. The quantitative estimate of drug-likeness (QED) is 0.0931. The highest BCUT2D eigenvalue weighted by molar-refractivity contribution is 9.09. The standard InChI is InChI=1S/C31H43BrOSi.C15H26O/c1-25(2)15-14-16-26(3)21-22-30(32)27(4)23-24-33-34(31(5,6)7,28-17-10-8-11-18-28)29-19-12-9-13-20-29;1-13(2)7-5-8-14(3)9-6-10-15(4)11-12-16/h8-13,15,17-21,23,30H,14,16,22,24H2,1-7H3;7,9,11,16H,5-6,8,10,12H2,1-4H3/b26-21+,27-23+;14-9+,15-11+. The molecule has 50 heavy (non-hydrogen) atoms. The summed E-state index contributed by atoms with van der Waals surface area (Å²) in [7, 11) is -2.49. The number of halogens is 1. The van der Waals surface area contributed by atoms with Gasteiger partial charge in [-0.1, -0.05) is 167 Å². The van der Waals surface area contributed by atoms with Gasteiger partial charge in [-0.15, -0.1) is 0 Å². The summed E-state index contributed by atoms with van der Waals surface area (Å²) in [6.07, 6.45) is 21.1. The minimum absolute atomic E-state index is 0.00358. The Morgan fingerprint density at radius 2 is 1.06 bits per heavy atom. The highest BCUT2D eigenvalue weighted by Crippen LogP contribution is 2.36. The molecule has 2 rings (SSSR count). The van der Waals surface area contributed by atoms with Crippen LogP contribution in [0.25, 0.3) is 0 Å². The molecule has 0 amide bonds. The summed E-state index contributed by atoms with van der Waals surface area (Å²) in [5.74, 6) is 0. The normalized spacial score (nSPS) is 13.7. The number of rotatable bonds is 18. The molecule has 1 atom stereocenters. The van der Waals surface area contributed by atoms with Crippen LogP contribution in [0, 0.1) is 0 Å². The molecule has 0 fully saturated rings. The van der Waals surface area contributed by atoms with Crippen molar-refractivity contribution in [2.45, 2.75) is 131 Å². The molecular formula is C46H69BrO2Si. The molecular weight excluding hydrogens is 692 g/mol. The molecule has 0 radical (unpaired) electrons. The summed E-state index contributed by atoms with van der Waals surface area (Å²) in [5, 5.41) is 11.4. The average Bonchev–Trinajstić information content (AvgIpc) is 3.06. The van der Waals surface area contributed by atoms with Crippen molar-refractivity contribution in [3.05, 3.63) is 131 Å². The van der Waals surface area contributed by atoms with Gasteiger partial charge in [-0.25, -0.2) is 0 Å². The molecule has 0 aliphatic rings. The number of hydrogen-bond acceptors (Lipinski definition) is 2. The van der Waals surface area contributed by atoms with Crippen LogP contribution in [0.2, 0.25) is 5.04 Å². The number of hydrogen-bond donors (Lipinski definition) is 1. The Hall–Kier alpha value is -2.50. The van der Waals surface area contributed by atoms with Gasteiger partial charge >= 0.3 is 0 Å². The zero-order valence-electron chi connectivity index (χ0n) is 33.4. The van der Waals surface area contributed by atoms with Crippen LogP contribution in [-0.4, -0.2) is 31.5 Å². The predicted molar refractivity (Wildman–Crippen MR) is 230 cm³/mol. The van der Waals surface area contributed by atoms with Gasteiger partial charge in [0.05, 0.1) is 13.2 Å². The monoisotopic (exact) mass is 760 g/mol. The maximum absolute atomic E-state index is 8.72. The summed E-state index contributed by atoms with van der Waals surface area (Å²) < 4.78 is 7.01. The van der Waals surface area contributed by atoms with E-state index in [1.54, 1.807) is 0 Å². The average molecular weight is 762 g/mol. The molecule has 2 aromatic carbocycles. The second-order valence-electron chi connectivity index (χ2n) is 15.1. The summed E-state index contributed by atoms with van der Waals surface area (Å²) in [6.45, 7) is 25.1. The summed E-state index contributed by atoms with van der Waals surface area (Å²) in [4.78, 5) is 0.327. The lowest BCUT2D eigenvalue weighted by molar-refractivity contribution is 0.338. The van der Waals surface area contributed by atoms with Gasteiger partial charge in [0.1, 0.15) is 0 Å². The van der Waals surface area contributed by atoms with Crippen molar-refractivity contribution in [3.8, 4) is 0 Å². The third-order valence-electron chi connectivity index (χ3n) is 8.94. The Labute approximate surface area is 317 Å². The molecule has 0 heterocycles. The number of benzene rings is 2. The van der Waals surface area contributed by atoms with E-state index in [1.807, 2.05) is 6.08 Å². The smallest absolute Gasteiger partial charge is 0.261 e. The van der Waals surface area contributed by atoms with Gasteiger partial charge in [0.25, 0.3) is 8.32 Å². The first-order chi connectivity index (χ1) is 23.6. The van der Waals surface area contributed by atoms with E-state index < -0.39 is 8.32 Å². The van der Waals surface area contributed by atoms with E-state index in [2.05, 4.69) is 183 Å². The Balaban J connectivity index is 0.000000657. The first kappa shape index (κ1) is 45.5. The lowest BCUT2D eigenvalue weighted by Gasteiger charge is -2.42. The van der Waals surface area contributed by atoms with Gasteiger partial charge in [0, 0.05) is 4.83 Å². The Kier molecular flexibility index (Phi) is 22.4. The van der Waals surface area contributed by atoms with E-state index >= 15 is 0 Å². The minimum atomic E-state index is -2.49. The van der Waals surface area contributed by atoms with E-state index in [0.717, 1.165) is 44.9 Å². The van der Waals surface area contributed by atoms with Crippen molar-refractivity contribution in [1.82, 2.24) is 0 Å². The Morgan fingerprint density at radius 1 is 0.640 bits per heavy atom. The fraction of sp³-hybridized carbons (Fsp3) is 0.478. The van der Waals surface area contributed by atoms with Crippen molar-refractivity contribution >= 4 is 34.6 Å². The highest BCUT2D eigenvalue weighted by atomic mass is 79.9. The lowest BCUT2D eigenvalue weighted by Crippen LogP contribution is -2.66. The first-order valence-electron chi connectivity index (χ1n) is 18.5. The molecule has 1 unspecified atom stereocenters. The maximum Gasteiger partial charge on any atom is 0.261 e. The molecule has 276 valence electrons. The molecule has 0 saturated carbocycles. The number of aliphatic hydroxyl groups excluding tert-OH is 1. The van der Waals surface area contributed by atoms with Crippen molar-refractivity contribution in [2.75, 3.05) is 13.2 Å². The summed E-state index contributed by atoms with van der Waals surface area (Å²) in [6, 6.07) is 21.7. The molecule has 0 aliphatic carbocycles. The molecule has 0 aromatic heterocycles. The van der Waals surface area contributed by atoms with E-state index in [-0.39, 0.29) is 11.6 Å². The van der Waals surface area contributed by atoms with Crippen LogP contribution in [0.3, 0.4) is 0 Å². The number of alkyl halides is 1. The van der Waals surface area contributed by atoms with Gasteiger partial charge in [0.2, 0.25) is 0 Å². The van der Waals surface area contributed by atoms with Gasteiger partial charge in [-0.05, 0) is 116 Å². The van der Waals surface area contributed by atoms with Crippen molar-refractivity contribution in [1.29, 1.82) is 0 Å². The van der Waals surface area contributed by atoms with Crippen LogP contribution < -0.4 is 10.4 Å². The second kappa shape index (κ2) is 24.6. The van der Waals surface area contributed by atoms with Gasteiger partial charge in [-0.3, -0.25) is 0 Å². The third kappa shape index (κ3) is 17.6. The second-order valence-corrected chi connectivity index (χ2v) is 20.5. The van der Waals surface area contributed by atoms with E-state index in [4.69, 9.17) is 9.53 Å². The maximum atomic E-state index is 8.72. The largest absolute Gasteiger partial charge is 0.404 e. The molecule has 0 spiro atoms. The van der Waals surface area contributed by atoms with Crippen molar-refractivity contribution < 1.29 is 9.53 Å². The van der Waals surface area contributed by atoms with E-state index in [0.29, 0.717) is 11.4 Å². The van der Waals surface area contributed by atoms with Crippen LogP contribution >= 0.6 is 15.9 Å². The van der Waals surface area contributed by atoms with Gasteiger partial charge < -0.3 is 9.53 Å². The Bertz CT molecular complexity index is 1370. The van der Waals surface area contributed by atoms with Gasteiger partial charge in [0.15, 0.2) is 0 Å². The van der Waals surface area contributed by atoms with Crippen molar-refractivity contribution in [2.24, 2.45) is 0 Å². The molecule has 0 bridgehead atoms. The number of allylic oxidation sites excluding steroid dienone is 10.